The molecule has 0 bridgehead atoms. The normalized spacial score (nSPS) is 12.9. The van der Waals surface area contributed by atoms with Gasteiger partial charge in [0.1, 0.15) is 0 Å². The average molecular weight is 307 g/mol. The van der Waals surface area contributed by atoms with Crippen molar-refractivity contribution in [3.63, 3.8) is 0 Å². The van der Waals surface area contributed by atoms with Crippen LogP contribution < -0.4 is 0 Å². The summed E-state index contributed by atoms with van der Waals surface area (Å²) in [5.74, 6) is -3.94. The molecule has 0 amide bonds. The Labute approximate surface area is 101 Å². The van der Waals surface area contributed by atoms with E-state index in [1.165, 1.54) is 0 Å². The molecule has 0 heterocycles. The van der Waals surface area contributed by atoms with E-state index in [0.717, 1.165) is 24.3 Å². The molecule has 0 aromatic heterocycles. The summed E-state index contributed by atoms with van der Waals surface area (Å²) in [5.41, 5.74) is 0. The summed E-state index contributed by atoms with van der Waals surface area (Å²) in [7, 11) is -10.3. The van der Waals surface area contributed by atoms with Crippen LogP contribution in [0.1, 0.15) is 0 Å². The van der Waals surface area contributed by atoms with E-state index in [4.69, 9.17) is 11.6 Å². The Balaban J connectivity index is 3.10. The molecule has 5 nitrogen and oxygen atoms in total. The van der Waals surface area contributed by atoms with Gasteiger partial charge in [-0.3, -0.25) is 0 Å². The molecule has 0 atom stereocenters. The van der Waals surface area contributed by atoms with Crippen molar-refractivity contribution in [3.05, 3.63) is 29.3 Å². The summed E-state index contributed by atoms with van der Waals surface area (Å²) in [5, 5.41) is 0.195. The molecular weight excluding hydrogens is 302 g/mol. The predicted molar refractivity (Wildman–Crippen MR) is 54.6 cm³/mol. The van der Waals surface area contributed by atoms with Gasteiger partial charge in [0, 0.05) is 5.02 Å². The van der Waals surface area contributed by atoms with Gasteiger partial charge in [0.2, 0.25) is 0 Å². The van der Waals surface area contributed by atoms with Gasteiger partial charge in [0.05, 0.1) is 4.90 Å². The predicted octanol–water partition coefficient (Wildman–Crippen LogP) is 1.60. The Kier molecular flexibility index (Phi) is 4.07. The van der Waals surface area contributed by atoms with Gasteiger partial charge in [0.25, 0.3) is 0 Å². The molecule has 0 saturated heterocycles. The molecule has 1 aromatic carbocycles. The molecule has 0 spiro atoms. The summed E-state index contributed by atoms with van der Waals surface area (Å²) in [4.78, 5) is -0.592. The molecule has 0 unspecified atom stereocenters. The van der Waals surface area contributed by atoms with E-state index in [1.807, 2.05) is 0 Å². The molecule has 0 saturated carbocycles. The fourth-order valence-electron chi connectivity index (χ4n) is 0.795. The molecule has 1 aromatic rings. The number of alkyl halides is 2. The topological polar surface area (TPSA) is 77.5 Å². The van der Waals surface area contributed by atoms with Gasteiger partial charge < -0.3 is 0 Å². The first-order valence-corrected chi connectivity index (χ1v) is 7.14. The third-order valence-corrected chi connectivity index (χ3v) is 4.52. The average Bonchev–Trinajstić information content (AvgIpc) is 2.16. The third-order valence-electron chi connectivity index (χ3n) is 1.50. The Bertz CT molecular complexity index is 594. The smallest absolute Gasteiger partial charge is 0.193 e. The molecular formula is C7H5ClF2O5S2. The van der Waals surface area contributed by atoms with Crippen molar-refractivity contribution in [1.29, 1.82) is 0 Å². The van der Waals surface area contributed by atoms with Crippen molar-refractivity contribution in [3.8, 4) is 0 Å². The van der Waals surface area contributed by atoms with Crippen LogP contribution in [-0.2, 0) is 23.9 Å². The second-order valence-corrected chi connectivity index (χ2v) is 6.43. The maximum atomic E-state index is 11.9. The highest BCUT2D eigenvalue weighted by atomic mass is 35.5. The SMILES string of the molecule is O=S(=O)(OS(=O)(=O)C(F)F)c1ccc(Cl)cc1. The first-order valence-electron chi connectivity index (χ1n) is 3.89. The van der Waals surface area contributed by atoms with E-state index in [2.05, 4.69) is 3.63 Å². The summed E-state index contributed by atoms with van der Waals surface area (Å²) < 4.78 is 71.1. The maximum absolute atomic E-state index is 11.9. The lowest BCUT2D eigenvalue weighted by Gasteiger charge is -2.05. The van der Waals surface area contributed by atoms with Crippen molar-refractivity contribution in [1.82, 2.24) is 0 Å². The highest BCUT2D eigenvalue weighted by Gasteiger charge is 2.32. The molecule has 0 aliphatic rings. The standard InChI is InChI=1S/C7H5ClF2O5S2/c8-5-1-3-6(4-2-5)16(11,12)15-17(13,14)7(9)10/h1-4,7H. The molecule has 0 fully saturated rings. The fourth-order valence-corrected chi connectivity index (χ4v) is 2.94. The van der Waals surface area contributed by atoms with Crippen molar-refractivity contribution in [2.75, 3.05) is 0 Å². The molecule has 96 valence electrons. The summed E-state index contributed by atoms with van der Waals surface area (Å²) >= 11 is 5.47. The van der Waals surface area contributed by atoms with Gasteiger partial charge in [-0.05, 0) is 24.3 Å². The van der Waals surface area contributed by atoms with Crippen LogP contribution in [0.15, 0.2) is 29.2 Å². The first-order chi connectivity index (χ1) is 7.65. The summed E-state index contributed by atoms with van der Waals surface area (Å²) in [6.45, 7) is 0. The van der Waals surface area contributed by atoms with Crippen LogP contribution in [0.5, 0.6) is 0 Å². The number of hydrogen-bond acceptors (Lipinski definition) is 5. The van der Waals surface area contributed by atoms with Gasteiger partial charge in [0.15, 0.2) is 0 Å². The largest absolute Gasteiger partial charge is 0.362 e. The van der Waals surface area contributed by atoms with Crippen molar-refractivity contribution < 1.29 is 29.2 Å². The lowest BCUT2D eigenvalue weighted by Crippen LogP contribution is -2.19. The molecule has 0 aliphatic heterocycles. The van der Waals surface area contributed by atoms with E-state index >= 15 is 0 Å². The first kappa shape index (κ1) is 14.3. The zero-order valence-electron chi connectivity index (χ0n) is 7.88. The third kappa shape index (κ3) is 3.60. The maximum Gasteiger partial charge on any atom is 0.362 e. The molecule has 10 heteroatoms. The Morgan fingerprint density at radius 3 is 1.94 bits per heavy atom. The highest BCUT2D eigenvalue weighted by molar-refractivity contribution is 8.00. The molecule has 1 rings (SSSR count). The van der Waals surface area contributed by atoms with E-state index in [9.17, 15) is 25.6 Å². The van der Waals surface area contributed by atoms with E-state index < -0.39 is 30.9 Å². The minimum atomic E-state index is -5.47. The second kappa shape index (κ2) is 4.84. The molecule has 0 N–H and O–H groups in total. The van der Waals surface area contributed by atoms with Crippen molar-refractivity contribution in [2.24, 2.45) is 0 Å². The molecule has 0 radical (unpaired) electrons. The lowest BCUT2D eigenvalue weighted by molar-refractivity contribution is 0.220. The Morgan fingerprint density at radius 2 is 1.53 bits per heavy atom. The van der Waals surface area contributed by atoms with Gasteiger partial charge in [-0.15, -0.1) is 3.63 Å². The molecule has 0 aliphatic carbocycles. The summed E-state index contributed by atoms with van der Waals surface area (Å²) in [6.07, 6.45) is 0. The van der Waals surface area contributed by atoms with Crippen LogP contribution in [-0.4, -0.2) is 22.6 Å². The van der Waals surface area contributed by atoms with E-state index in [1.54, 1.807) is 0 Å². The number of halogens is 3. The van der Waals surface area contributed by atoms with E-state index in [-0.39, 0.29) is 5.02 Å². The Hall–Kier alpha value is -0.770. The monoisotopic (exact) mass is 306 g/mol. The van der Waals surface area contributed by atoms with Crippen LogP contribution in [0.25, 0.3) is 0 Å². The van der Waals surface area contributed by atoms with Gasteiger partial charge in [-0.1, -0.05) is 11.6 Å². The van der Waals surface area contributed by atoms with Crippen molar-refractivity contribution in [2.45, 2.75) is 10.7 Å². The van der Waals surface area contributed by atoms with Crippen molar-refractivity contribution >= 4 is 31.8 Å². The van der Waals surface area contributed by atoms with Crippen LogP contribution >= 0.6 is 11.6 Å². The zero-order chi connectivity index (χ0) is 13.3. The van der Waals surface area contributed by atoms with E-state index in [0.29, 0.717) is 0 Å². The van der Waals surface area contributed by atoms with Gasteiger partial charge >= 0.3 is 26.0 Å². The number of rotatable bonds is 4. The van der Waals surface area contributed by atoms with Crippen LogP contribution in [0.2, 0.25) is 5.02 Å². The fraction of sp³-hybridized carbons (Fsp3) is 0.143. The van der Waals surface area contributed by atoms with Crippen LogP contribution in [0.3, 0.4) is 0 Å². The summed E-state index contributed by atoms with van der Waals surface area (Å²) in [6, 6.07) is 4.15. The van der Waals surface area contributed by atoms with Crippen LogP contribution in [0.4, 0.5) is 8.78 Å². The number of benzene rings is 1. The second-order valence-electron chi connectivity index (χ2n) is 2.73. The van der Waals surface area contributed by atoms with Crippen LogP contribution in [0, 0.1) is 0 Å². The van der Waals surface area contributed by atoms with Gasteiger partial charge in [-0.2, -0.15) is 25.6 Å². The number of hydrogen-bond donors (Lipinski definition) is 0. The minimum Gasteiger partial charge on any atom is -0.193 e. The Morgan fingerprint density at radius 1 is 1.06 bits per heavy atom. The molecule has 17 heavy (non-hydrogen) atoms. The lowest BCUT2D eigenvalue weighted by atomic mass is 10.4. The zero-order valence-corrected chi connectivity index (χ0v) is 10.3. The minimum absolute atomic E-state index is 0.195. The van der Waals surface area contributed by atoms with Gasteiger partial charge in [-0.25, -0.2) is 0 Å². The highest BCUT2D eigenvalue weighted by Crippen LogP contribution is 2.20. The quantitative estimate of drug-likeness (QED) is 0.844.